The Bertz CT molecular complexity index is 1320. The van der Waals surface area contributed by atoms with Crippen LogP contribution in [0.1, 0.15) is 0 Å². The molecule has 0 fully saturated rings. The van der Waals surface area contributed by atoms with E-state index >= 15 is 0 Å². The first-order valence-corrected chi connectivity index (χ1v) is 22.0. The zero-order valence-corrected chi connectivity index (χ0v) is 28.9. The summed E-state index contributed by atoms with van der Waals surface area (Å²) in [6.07, 6.45) is 0. The summed E-state index contributed by atoms with van der Waals surface area (Å²) in [5.41, 5.74) is 0. The van der Waals surface area contributed by atoms with Crippen molar-refractivity contribution in [2.45, 2.75) is 0 Å². The molecule has 6 rings (SSSR count). The average molecular weight is 686 g/mol. The molecule has 0 aliphatic heterocycles. The molecule has 0 aliphatic carbocycles. The zero-order chi connectivity index (χ0) is 27.8. The fraction of sp³-hybridized carbons (Fsp3) is 0. The van der Waals surface area contributed by atoms with Crippen LogP contribution in [0.15, 0.2) is 182 Å². The molecule has 212 valence electrons. The van der Waals surface area contributed by atoms with Crippen LogP contribution in [0.5, 0.6) is 0 Å². The number of nitrogens with one attached hydrogen (secondary N) is 1. The van der Waals surface area contributed by atoms with Gasteiger partial charge in [0.05, 0.1) is 0 Å². The summed E-state index contributed by atoms with van der Waals surface area (Å²) in [5.74, 6) is 0. The van der Waals surface area contributed by atoms with Gasteiger partial charge in [-0.25, -0.2) is 0 Å². The quantitative estimate of drug-likeness (QED) is 0.146. The van der Waals surface area contributed by atoms with Crippen LogP contribution in [0.25, 0.3) is 0 Å². The maximum absolute atomic E-state index is 4.24. The van der Waals surface area contributed by atoms with Crippen LogP contribution in [0.3, 0.4) is 0 Å². The van der Waals surface area contributed by atoms with Crippen LogP contribution >= 0.6 is 47.7 Å². The predicted molar refractivity (Wildman–Crippen MR) is 203 cm³/mol. The number of benzene rings is 6. The normalized spacial score (nSPS) is 12.8. The standard InChI is InChI=1S/C36H35NP4.BrH/c1-7-19-31(20-8-1)40(32-21-9-2-10-22-32,33-23-11-3-12-24-33)38-37-39-41(34-25-13-4-14-26-34,35-27-15-5-16-28-35)36-29-17-6-18-30-36;/h1-30,37-41H;1H. The first-order chi connectivity index (χ1) is 20.3. The topological polar surface area (TPSA) is 12.0 Å². The van der Waals surface area contributed by atoms with Gasteiger partial charge in [-0.3, -0.25) is 0 Å². The second-order valence-corrected chi connectivity index (χ2v) is 24.0. The van der Waals surface area contributed by atoms with E-state index in [1.54, 1.807) is 0 Å². The van der Waals surface area contributed by atoms with E-state index in [4.69, 9.17) is 0 Å². The predicted octanol–water partition coefficient (Wildman–Crippen LogP) is 7.62. The molecular weight excluding hydrogens is 650 g/mol. The Kier molecular flexibility index (Phi) is 10.9. The van der Waals surface area contributed by atoms with Crippen molar-refractivity contribution in [3.63, 3.8) is 0 Å². The second-order valence-electron chi connectivity index (χ2n) is 10.1. The van der Waals surface area contributed by atoms with Crippen molar-refractivity contribution in [2.75, 3.05) is 0 Å². The molecule has 2 atom stereocenters. The van der Waals surface area contributed by atoms with Gasteiger partial charge >= 0.3 is 249 Å². The molecule has 42 heavy (non-hydrogen) atoms. The third kappa shape index (κ3) is 6.23. The molecule has 1 nitrogen and oxygen atoms in total. The van der Waals surface area contributed by atoms with E-state index in [0.29, 0.717) is 16.8 Å². The third-order valence-electron chi connectivity index (χ3n) is 7.74. The monoisotopic (exact) mass is 685 g/mol. The van der Waals surface area contributed by atoms with E-state index < -0.39 is 13.9 Å². The first-order valence-electron chi connectivity index (χ1n) is 14.0. The summed E-state index contributed by atoms with van der Waals surface area (Å²) in [6, 6.07) is 67.4. The van der Waals surface area contributed by atoms with E-state index in [1.807, 2.05) is 0 Å². The molecule has 0 heterocycles. The van der Waals surface area contributed by atoms with Crippen molar-refractivity contribution in [3.8, 4) is 0 Å². The van der Waals surface area contributed by atoms with Gasteiger partial charge in [0.2, 0.25) is 0 Å². The van der Waals surface area contributed by atoms with Gasteiger partial charge in [0.1, 0.15) is 0 Å². The fourth-order valence-corrected chi connectivity index (χ4v) is 25.8. The van der Waals surface area contributed by atoms with Gasteiger partial charge in [-0.1, -0.05) is 0 Å². The Balaban J connectivity index is 0.00000353. The third-order valence-corrected chi connectivity index (χ3v) is 26.4. The van der Waals surface area contributed by atoms with Crippen LogP contribution in [-0.4, -0.2) is 0 Å². The van der Waals surface area contributed by atoms with E-state index in [9.17, 15) is 0 Å². The van der Waals surface area contributed by atoms with Gasteiger partial charge in [0.15, 0.2) is 0 Å². The summed E-state index contributed by atoms with van der Waals surface area (Å²) >= 11 is 0. The van der Waals surface area contributed by atoms with Crippen LogP contribution in [0.4, 0.5) is 0 Å². The summed E-state index contributed by atoms with van der Waals surface area (Å²) in [7, 11) is 1.14. The van der Waals surface area contributed by atoms with Crippen molar-refractivity contribution in [1.29, 1.82) is 0 Å². The molecular formula is C36H36BrNP4. The molecule has 0 spiro atoms. The van der Waals surface area contributed by atoms with Crippen molar-refractivity contribution in [1.82, 2.24) is 4.86 Å². The molecule has 1 N–H and O–H groups in total. The van der Waals surface area contributed by atoms with Crippen LogP contribution in [0.2, 0.25) is 0 Å². The zero-order valence-electron chi connectivity index (χ0n) is 23.2. The summed E-state index contributed by atoms with van der Waals surface area (Å²) < 4.78 is 0. The molecule has 0 amide bonds. The molecule has 6 aromatic rings. The average Bonchev–Trinajstić information content (AvgIpc) is 3.08. The van der Waals surface area contributed by atoms with Gasteiger partial charge in [-0.2, -0.15) is 0 Å². The first kappa shape index (κ1) is 30.9. The Morgan fingerprint density at radius 1 is 0.286 bits per heavy atom. The molecule has 0 radical (unpaired) electrons. The number of rotatable bonds is 10. The second kappa shape index (κ2) is 14.8. The van der Waals surface area contributed by atoms with Crippen LogP contribution in [0, 0.1) is 0 Å². The van der Waals surface area contributed by atoms with Crippen molar-refractivity contribution in [2.24, 2.45) is 0 Å². The van der Waals surface area contributed by atoms with Crippen molar-refractivity contribution in [3.05, 3.63) is 182 Å². The summed E-state index contributed by atoms with van der Waals surface area (Å²) in [4.78, 5) is 4.24. The van der Waals surface area contributed by atoms with E-state index in [-0.39, 0.29) is 17.0 Å². The maximum atomic E-state index is 4.24. The minimum atomic E-state index is -2.38. The molecule has 0 saturated carbocycles. The molecule has 2 unspecified atom stereocenters. The van der Waals surface area contributed by atoms with E-state index in [1.165, 1.54) is 31.8 Å². The molecule has 6 heteroatoms. The van der Waals surface area contributed by atoms with Gasteiger partial charge in [0.25, 0.3) is 0 Å². The fourth-order valence-electron chi connectivity index (χ4n) is 5.78. The molecule has 6 aromatic carbocycles. The molecule has 0 bridgehead atoms. The van der Waals surface area contributed by atoms with E-state index in [2.05, 4.69) is 187 Å². The van der Waals surface area contributed by atoms with Gasteiger partial charge in [-0.05, 0) is 0 Å². The molecule has 0 aromatic heterocycles. The van der Waals surface area contributed by atoms with Gasteiger partial charge in [-0.15, -0.1) is 17.0 Å². The number of halogens is 1. The number of hydrogen-bond acceptors (Lipinski definition) is 1. The Labute approximate surface area is 265 Å². The van der Waals surface area contributed by atoms with Gasteiger partial charge < -0.3 is 0 Å². The van der Waals surface area contributed by atoms with E-state index in [0.717, 1.165) is 0 Å². The van der Waals surface area contributed by atoms with Crippen molar-refractivity contribution < 1.29 is 0 Å². The summed E-state index contributed by atoms with van der Waals surface area (Å²) in [6.45, 7) is -4.76. The Morgan fingerprint density at radius 3 is 0.619 bits per heavy atom. The van der Waals surface area contributed by atoms with Crippen molar-refractivity contribution >= 4 is 79.6 Å². The summed E-state index contributed by atoms with van der Waals surface area (Å²) in [5, 5.41) is 8.66. The number of hydrogen-bond donors (Lipinski definition) is 1. The Hall–Kier alpha value is -2.52. The molecule has 0 aliphatic rings. The van der Waals surface area contributed by atoms with Crippen LogP contribution < -0.4 is 36.7 Å². The van der Waals surface area contributed by atoms with Gasteiger partial charge in [0, 0.05) is 0 Å². The molecule has 0 saturated heterocycles. The Morgan fingerprint density at radius 2 is 0.452 bits per heavy atom. The SMILES string of the molecule is Br.c1ccc([PH](PNP[PH](c2ccccc2)(c2ccccc2)c2ccccc2)(c2ccccc2)c2ccccc2)cc1. The van der Waals surface area contributed by atoms with Crippen LogP contribution in [-0.2, 0) is 0 Å². The minimum absolute atomic E-state index is 0.